The van der Waals surface area contributed by atoms with Crippen molar-refractivity contribution >= 4 is 17.3 Å². The normalized spacial score (nSPS) is 13.8. The number of oxime groups is 2. The Morgan fingerprint density at radius 2 is 1.35 bits per heavy atom. The van der Waals surface area contributed by atoms with Crippen molar-refractivity contribution in [3.63, 3.8) is 0 Å². The Morgan fingerprint density at radius 3 is 1.65 bits per heavy atom. The van der Waals surface area contributed by atoms with Crippen LogP contribution in [-0.4, -0.2) is 76.4 Å². The highest BCUT2D eigenvalue weighted by atomic mass is 16.4. The maximum absolute atomic E-state index is 12.3. The first kappa shape index (κ1) is 24.3. The van der Waals surface area contributed by atoms with Crippen molar-refractivity contribution < 1.29 is 15.2 Å². The zero-order valence-electron chi connectivity index (χ0n) is 17.0. The number of hydrogen-bond acceptors (Lipinski definition) is 8. The molecule has 6 N–H and O–H groups in total. The minimum Gasteiger partial charge on any atom is -0.411 e. The SMILES string of the molecule is C/C(=N\O)C(C)(C)NCCN(CCNC(C)(C)/C(C)=N/O)C(=O)CCN. The van der Waals surface area contributed by atoms with Gasteiger partial charge in [0.25, 0.3) is 0 Å². The van der Waals surface area contributed by atoms with Gasteiger partial charge in [0, 0.05) is 39.1 Å². The molecule has 1 amide bonds. The second-order valence-electron chi connectivity index (χ2n) is 7.39. The highest BCUT2D eigenvalue weighted by Crippen LogP contribution is 2.06. The van der Waals surface area contributed by atoms with Gasteiger partial charge in [-0.05, 0) is 41.5 Å². The van der Waals surface area contributed by atoms with Crippen molar-refractivity contribution in [2.45, 2.75) is 59.0 Å². The lowest BCUT2D eigenvalue weighted by Crippen LogP contribution is -2.51. The molecule has 152 valence electrons. The van der Waals surface area contributed by atoms with Gasteiger partial charge in [-0.3, -0.25) is 4.79 Å². The Balaban J connectivity index is 4.71. The van der Waals surface area contributed by atoms with Crippen LogP contribution < -0.4 is 16.4 Å². The topological polar surface area (TPSA) is 136 Å². The molecule has 9 nitrogen and oxygen atoms in total. The zero-order valence-corrected chi connectivity index (χ0v) is 17.0. The number of nitrogens with two attached hydrogens (primary N) is 1. The van der Waals surface area contributed by atoms with Gasteiger partial charge in [-0.2, -0.15) is 0 Å². The number of carbonyl (C=O) groups is 1. The van der Waals surface area contributed by atoms with Crippen LogP contribution in [0.2, 0.25) is 0 Å². The summed E-state index contributed by atoms with van der Waals surface area (Å²) in [5.41, 5.74) is 5.72. The predicted molar refractivity (Wildman–Crippen MR) is 104 cm³/mol. The fraction of sp³-hybridized carbons (Fsp3) is 0.824. The molecule has 0 aromatic carbocycles. The van der Waals surface area contributed by atoms with Gasteiger partial charge in [-0.15, -0.1) is 0 Å². The van der Waals surface area contributed by atoms with E-state index in [0.29, 0.717) is 50.6 Å². The summed E-state index contributed by atoms with van der Waals surface area (Å²) in [7, 11) is 0. The number of nitrogens with one attached hydrogen (secondary N) is 2. The molecule has 0 aliphatic rings. The van der Waals surface area contributed by atoms with Crippen LogP contribution in [0.5, 0.6) is 0 Å². The minimum atomic E-state index is -0.466. The molecule has 0 heterocycles. The van der Waals surface area contributed by atoms with E-state index in [1.165, 1.54) is 0 Å². The lowest BCUT2D eigenvalue weighted by Gasteiger charge is -2.30. The van der Waals surface area contributed by atoms with Crippen LogP contribution in [0.3, 0.4) is 0 Å². The van der Waals surface area contributed by atoms with Crippen LogP contribution in [0.15, 0.2) is 10.3 Å². The molecule has 0 aromatic heterocycles. The second-order valence-corrected chi connectivity index (χ2v) is 7.39. The summed E-state index contributed by atoms with van der Waals surface area (Å²) >= 11 is 0. The van der Waals surface area contributed by atoms with Crippen molar-refractivity contribution in [3.8, 4) is 0 Å². The first-order chi connectivity index (χ1) is 12.0. The number of hydrogen-bond donors (Lipinski definition) is 5. The van der Waals surface area contributed by atoms with E-state index in [4.69, 9.17) is 16.1 Å². The molecule has 0 aliphatic carbocycles. The van der Waals surface area contributed by atoms with Gasteiger partial charge in [0.05, 0.1) is 22.5 Å². The quantitative estimate of drug-likeness (QED) is 0.193. The standard InChI is InChI=1S/C17H36N6O3/c1-13(21-25)16(3,4)19-9-11-23(15(24)7-8-18)12-10-20-17(5,6)14(2)22-26/h19-20,25-26H,7-12,18H2,1-6H3/b21-13+,22-14+. The third kappa shape index (κ3) is 8.11. The van der Waals surface area contributed by atoms with Crippen LogP contribution in [0.4, 0.5) is 0 Å². The van der Waals surface area contributed by atoms with Crippen molar-refractivity contribution in [2.75, 3.05) is 32.7 Å². The molecule has 0 aliphatic heterocycles. The highest BCUT2D eigenvalue weighted by Gasteiger charge is 2.24. The molecule has 0 saturated carbocycles. The van der Waals surface area contributed by atoms with Crippen molar-refractivity contribution in [1.29, 1.82) is 0 Å². The molecule has 0 bridgehead atoms. The molecular weight excluding hydrogens is 336 g/mol. The summed E-state index contributed by atoms with van der Waals surface area (Å²) in [6, 6.07) is 0. The van der Waals surface area contributed by atoms with Crippen molar-refractivity contribution in [1.82, 2.24) is 15.5 Å². The third-order valence-corrected chi connectivity index (χ3v) is 4.72. The summed E-state index contributed by atoms with van der Waals surface area (Å²) in [5.74, 6) is -0.00759. The average Bonchev–Trinajstić information content (AvgIpc) is 2.58. The van der Waals surface area contributed by atoms with Crippen molar-refractivity contribution in [2.24, 2.45) is 16.0 Å². The summed E-state index contributed by atoms with van der Waals surface area (Å²) in [5, 5.41) is 30.9. The van der Waals surface area contributed by atoms with E-state index in [0.717, 1.165) is 0 Å². The van der Waals surface area contributed by atoms with Crippen LogP contribution in [0.25, 0.3) is 0 Å². The molecule has 9 heteroatoms. The summed E-state index contributed by atoms with van der Waals surface area (Å²) < 4.78 is 0. The fourth-order valence-electron chi connectivity index (χ4n) is 2.16. The van der Waals surface area contributed by atoms with Gasteiger partial charge in [0.1, 0.15) is 0 Å². The van der Waals surface area contributed by atoms with E-state index >= 15 is 0 Å². The van der Waals surface area contributed by atoms with Crippen LogP contribution >= 0.6 is 0 Å². The van der Waals surface area contributed by atoms with Crippen LogP contribution in [-0.2, 0) is 4.79 Å². The summed E-state index contributed by atoms with van der Waals surface area (Å²) in [4.78, 5) is 14.0. The largest absolute Gasteiger partial charge is 0.411 e. The lowest BCUT2D eigenvalue weighted by molar-refractivity contribution is -0.131. The molecule has 0 atom stereocenters. The molecule has 26 heavy (non-hydrogen) atoms. The predicted octanol–water partition coefficient (Wildman–Crippen LogP) is 0.600. The van der Waals surface area contributed by atoms with Gasteiger partial charge < -0.3 is 31.7 Å². The van der Waals surface area contributed by atoms with Crippen LogP contribution in [0, 0.1) is 0 Å². The Morgan fingerprint density at radius 1 is 0.962 bits per heavy atom. The molecule has 0 spiro atoms. The Labute approximate surface area is 156 Å². The van der Waals surface area contributed by atoms with E-state index < -0.39 is 11.1 Å². The molecule has 0 aromatic rings. The van der Waals surface area contributed by atoms with Crippen molar-refractivity contribution in [3.05, 3.63) is 0 Å². The van der Waals surface area contributed by atoms with E-state index in [9.17, 15) is 4.79 Å². The molecule has 0 unspecified atom stereocenters. The lowest BCUT2D eigenvalue weighted by atomic mass is 9.99. The van der Waals surface area contributed by atoms with Crippen LogP contribution in [0.1, 0.15) is 48.0 Å². The first-order valence-corrected chi connectivity index (χ1v) is 8.88. The van der Waals surface area contributed by atoms with Gasteiger partial charge in [0.2, 0.25) is 5.91 Å². The Hall–Kier alpha value is -1.71. The smallest absolute Gasteiger partial charge is 0.223 e. The Bertz CT molecular complexity index is 467. The van der Waals surface area contributed by atoms with Gasteiger partial charge in [-0.25, -0.2) is 0 Å². The van der Waals surface area contributed by atoms with Gasteiger partial charge in [0.15, 0.2) is 0 Å². The van der Waals surface area contributed by atoms with E-state index in [1.807, 2.05) is 27.7 Å². The molecule has 0 radical (unpaired) electrons. The second kappa shape index (κ2) is 11.1. The van der Waals surface area contributed by atoms with E-state index in [2.05, 4.69) is 20.9 Å². The highest BCUT2D eigenvalue weighted by molar-refractivity contribution is 5.90. The van der Waals surface area contributed by atoms with Gasteiger partial charge >= 0.3 is 0 Å². The average molecular weight is 373 g/mol. The maximum Gasteiger partial charge on any atom is 0.223 e. The molecule has 0 fully saturated rings. The Kier molecular flexibility index (Phi) is 10.4. The molecule has 0 saturated heterocycles. The number of nitrogens with zero attached hydrogens (tertiary/aromatic N) is 3. The third-order valence-electron chi connectivity index (χ3n) is 4.72. The fourth-order valence-corrected chi connectivity index (χ4v) is 2.16. The number of rotatable bonds is 12. The summed E-state index contributed by atoms with van der Waals surface area (Å²) in [6.45, 7) is 13.6. The molecular formula is C17H36N6O3. The number of carbonyl (C=O) groups excluding carboxylic acids is 1. The molecule has 0 rings (SSSR count). The van der Waals surface area contributed by atoms with Gasteiger partial charge in [-0.1, -0.05) is 10.3 Å². The first-order valence-electron chi connectivity index (χ1n) is 8.88. The van der Waals surface area contributed by atoms with E-state index in [-0.39, 0.29) is 5.91 Å². The van der Waals surface area contributed by atoms with E-state index in [1.54, 1.807) is 18.7 Å². The minimum absolute atomic E-state index is 0.00759. The monoisotopic (exact) mass is 372 g/mol. The summed E-state index contributed by atoms with van der Waals surface area (Å²) in [6.07, 6.45) is 0.293. The number of amides is 1. The zero-order chi connectivity index (χ0) is 20.4. The maximum atomic E-state index is 12.3.